The van der Waals surface area contributed by atoms with Crippen LogP contribution in [0.3, 0.4) is 0 Å². The van der Waals surface area contributed by atoms with E-state index in [1.54, 1.807) is 0 Å². The van der Waals surface area contributed by atoms with Gasteiger partial charge in [0.1, 0.15) is 6.54 Å². The van der Waals surface area contributed by atoms with Crippen molar-refractivity contribution in [1.29, 1.82) is 0 Å². The lowest BCUT2D eigenvalue weighted by Crippen LogP contribution is -2.36. The fourth-order valence-electron chi connectivity index (χ4n) is 2.51. The van der Waals surface area contributed by atoms with Gasteiger partial charge in [0, 0.05) is 29.1 Å². The highest BCUT2D eigenvalue weighted by Crippen LogP contribution is 2.32. The number of nitrogens with one attached hydrogen (secondary N) is 1. The van der Waals surface area contributed by atoms with Crippen LogP contribution in [-0.4, -0.2) is 40.9 Å². The summed E-state index contributed by atoms with van der Waals surface area (Å²) >= 11 is 3.17. The van der Waals surface area contributed by atoms with E-state index in [4.69, 9.17) is 0 Å². The van der Waals surface area contributed by atoms with Crippen molar-refractivity contribution in [1.82, 2.24) is 4.90 Å². The molecule has 1 aromatic carbocycles. The average molecular weight is 424 g/mol. The molecule has 0 radical (unpaired) electrons. The number of alkyl halides is 3. The predicted molar refractivity (Wildman–Crippen MR) is 84.9 cm³/mol. The summed E-state index contributed by atoms with van der Waals surface area (Å²) in [6.07, 6.45) is -4.88. The summed E-state index contributed by atoms with van der Waals surface area (Å²) in [7, 11) is 0. The lowest BCUT2D eigenvalue weighted by Gasteiger charge is -2.18. The maximum Gasteiger partial charge on any atom is 0.406 e. The summed E-state index contributed by atoms with van der Waals surface area (Å²) < 4.78 is 37.6. The summed E-state index contributed by atoms with van der Waals surface area (Å²) in [5, 5.41) is 13.4. The molecule has 0 saturated carbocycles. The second-order valence-corrected chi connectivity index (χ2v) is 6.51. The molecule has 7 nitrogen and oxygen atoms in total. The van der Waals surface area contributed by atoms with Crippen molar-refractivity contribution in [3.63, 3.8) is 0 Å². The van der Waals surface area contributed by atoms with E-state index in [0.717, 1.165) is 6.07 Å². The van der Waals surface area contributed by atoms with E-state index in [2.05, 4.69) is 21.2 Å². The normalized spacial score (nSPS) is 17.7. The molecule has 1 heterocycles. The van der Waals surface area contributed by atoms with Crippen molar-refractivity contribution in [2.75, 3.05) is 18.4 Å². The van der Waals surface area contributed by atoms with Crippen LogP contribution in [0.4, 0.5) is 24.5 Å². The summed E-state index contributed by atoms with van der Waals surface area (Å²) in [4.78, 5) is 34.8. The fourth-order valence-corrected chi connectivity index (χ4v) is 3.06. The minimum absolute atomic E-state index is 0.115. The fraction of sp³-hybridized carbons (Fsp3) is 0.429. The highest BCUT2D eigenvalue weighted by Gasteiger charge is 2.40. The molecule has 0 bridgehead atoms. The molecule has 1 fully saturated rings. The Hall–Kier alpha value is -2.17. The Labute approximate surface area is 148 Å². The Morgan fingerprint density at radius 2 is 2.12 bits per heavy atom. The molecule has 1 saturated heterocycles. The van der Waals surface area contributed by atoms with E-state index in [0.29, 0.717) is 14.9 Å². The quantitative estimate of drug-likeness (QED) is 0.594. The molecule has 1 aliphatic rings. The van der Waals surface area contributed by atoms with Crippen LogP contribution in [0.1, 0.15) is 12.0 Å². The van der Waals surface area contributed by atoms with Crippen molar-refractivity contribution < 1.29 is 27.7 Å². The third kappa shape index (κ3) is 4.68. The number of anilines is 1. The van der Waals surface area contributed by atoms with E-state index in [1.807, 2.05) is 0 Å². The number of rotatable bonds is 4. The van der Waals surface area contributed by atoms with Gasteiger partial charge in [0.15, 0.2) is 0 Å². The average Bonchev–Trinajstić information content (AvgIpc) is 2.80. The van der Waals surface area contributed by atoms with Gasteiger partial charge in [0.05, 0.1) is 16.5 Å². The molecule has 1 aliphatic heterocycles. The number of hydrogen-bond acceptors (Lipinski definition) is 4. The van der Waals surface area contributed by atoms with Gasteiger partial charge in [-0.05, 0) is 28.9 Å². The largest absolute Gasteiger partial charge is 0.406 e. The van der Waals surface area contributed by atoms with E-state index in [1.165, 1.54) is 13.0 Å². The summed E-state index contributed by atoms with van der Waals surface area (Å²) in [5.74, 6) is -2.38. The number of aryl methyl sites for hydroxylation is 1. The number of nitro groups is 1. The standard InChI is InChI=1S/C14H13BrF3N3O4/c1-7-2-9(15)10(4-11(7)21(24)25)19-13(23)8-3-12(22)20(5-8)6-14(16,17)18/h2,4,8H,3,5-6H2,1H3,(H,19,23). The minimum atomic E-state index is -4.54. The number of carbonyl (C=O) groups excluding carboxylic acids is 2. The lowest BCUT2D eigenvalue weighted by molar-refractivity contribution is -0.385. The first-order valence-electron chi connectivity index (χ1n) is 7.08. The molecule has 11 heteroatoms. The molecule has 2 rings (SSSR count). The van der Waals surface area contributed by atoms with Crippen LogP contribution >= 0.6 is 15.9 Å². The number of halogens is 4. The highest BCUT2D eigenvalue weighted by atomic mass is 79.9. The Morgan fingerprint density at radius 3 is 2.68 bits per heavy atom. The van der Waals surface area contributed by atoms with E-state index in [9.17, 15) is 32.9 Å². The number of amides is 2. The van der Waals surface area contributed by atoms with Gasteiger partial charge in [-0.2, -0.15) is 13.2 Å². The molecule has 1 atom stereocenters. The zero-order valence-corrected chi connectivity index (χ0v) is 14.5. The van der Waals surface area contributed by atoms with Crippen LogP contribution in [0, 0.1) is 23.0 Å². The Bertz CT molecular complexity index is 739. The zero-order chi connectivity index (χ0) is 18.9. The van der Waals surface area contributed by atoms with Gasteiger partial charge in [-0.15, -0.1) is 0 Å². The number of likely N-dealkylation sites (tertiary alicyclic amines) is 1. The van der Waals surface area contributed by atoms with Crippen molar-refractivity contribution in [2.45, 2.75) is 19.5 Å². The van der Waals surface area contributed by atoms with Crippen LogP contribution < -0.4 is 5.32 Å². The van der Waals surface area contributed by atoms with Gasteiger partial charge in [0.25, 0.3) is 5.69 Å². The van der Waals surface area contributed by atoms with Crippen molar-refractivity contribution >= 4 is 39.1 Å². The Balaban J connectivity index is 2.12. The molecule has 0 aromatic heterocycles. The first-order valence-corrected chi connectivity index (χ1v) is 7.87. The van der Waals surface area contributed by atoms with Crippen LogP contribution in [0.15, 0.2) is 16.6 Å². The van der Waals surface area contributed by atoms with Gasteiger partial charge >= 0.3 is 6.18 Å². The first kappa shape index (κ1) is 19.2. The molecule has 1 unspecified atom stereocenters. The van der Waals surface area contributed by atoms with Crippen molar-refractivity contribution in [2.24, 2.45) is 5.92 Å². The molecule has 0 aliphatic carbocycles. The van der Waals surface area contributed by atoms with E-state index < -0.39 is 35.4 Å². The second kappa shape index (κ2) is 6.98. The van der Waals surface area contributed by atoms with Crippen LogP contribution in [0.5, 0.6) is 0 Å². The number of benzene rings is 1. The Kier molecular flexibility index (Phi) is 5.35. The van der Waals surface area contributed by atoms with Crippen LogP contribution in [-0.2, 0) is 9.59 Å². The highest BCUT2D eigenvalue weighted by molar-refractivity contribution is 9.10. The predicted octanol–water partition coefficient (Wildman–Crippen LogP) is 3.02. The first-order chi connectivity index (χ1) is 11.5. The third-order valence-corrected chi connectivity index (χ3v) is 4.35. The zero-order valence-electron chi connectivity index (χ0n) is 12.9. The molecule has 2 amide bonds. The lowest BCUT2D eigenvalue weighted by atomic mass is 10.1. The van der Waals surface area contributed by atoms with Crippen LogP contribution in [0.2, 0.25) is 0 Å². The SMILES string of the molecule is Cc1cc(Br)c(NC(=O)C2CC(=O)N(CC(F)(F)F)C2)cc1[N+](=O)[O-]. The molecule has 1 N–H and O–H groups in total. The third-order valence-electron chi connectivity index (χ3n) is 3.70. The molecule has 25 heavy (non-hydrogen) atoms. The minimum Gasteiger partial charge on any atom is -0.333 e. The summed E-state index contributed by atoms with van der Waals surface area (Å²) in [6, 6.07) is 2.60. The smallest absolute Gasteiger partial charge is 0.333 e. The maximum absolute atomic E-state index is 12.4. The van der Waals surface area contributed by atoms with Gasteiger partial charge in [-0.25, -0.2) is 0 Å². The second-order valence-electron chi connectivity index (χ2n) is 5.66. The van der Waals surface area contributed by atoms with Gasteiger partial charge in [-0.1, -0.05) is 0 Å². The molecular weight excluding hydrogens is 411 g/mol. The molecular formula is C14H13BrF3N3O4. The number of carbonyl (C=O) groups is 2. The summed E-state index contributed by atoms with van der Waals surface area (Å²) in [5.41, 5.74) is 0.283. The molecule has 0 spiro atoms. The van der Waals surface area contributed by atoms with E-state index >= 15 is 0 Å². The van der Waals surface area contributed by atoms with Crippen LogP contribution in [0.25, 0.3) is 0 Å². The van der Waals surface area contributed by atoms with Crippen molar-refractivity contribution in [3.8, 4) is 0 Å². The number of hydrogen-bond donors (Lipinski definition) is 1. The van der Waals surface area contributed by atoms with Gasteiger partial charge in [-0.3, -0.25) is 19.7 Å². The topological polar surface area (TPSA) is 92.6 Å². The summed E-state index contributed by atoms with van der Waals surface area (Å²) in [6.45, 7) is -0.232. The maximum atomic E-state index is 12.4. The number of nitro benzene ring substituents is 1. The van der Waals surface area contributed by atoms with E-state index in [-0.39, 0.29) is 24.3 Å². The monoisotopic (exact) mass is 423 g/mol. The van der Waals surface area contributed by atoms with Gasteiger partial charge < -0.3 is 10.2 Å². The number of nitrogens with zero attached hydrogens (tertiary/aromatic N) is 2. The van der Waals surface area contributed by atoms with Crippen molar-refractivity contribution in [3.05, 3.63) is 32.3 Å². The molecule has 1 aromatic rings. The molecule has 136 valence electrons. The Morgan fingerprint density at radius 1 is 1.48 bits per heavy atom. The van der Waals surface area contributed by atoms with Gasteiger partial charge in [0.2, 0.25) is 11.8 Å².